The molecule has 2 heterocycles. The maximum absolute atomic E-state index is 12.7. The zero-order chi connectivity index (χ0) is 21.0. The highest BCUT2D eigenvalue weighted by atomic mass is 16.2. The number of nitrogens with one attached hydrogen (secondary N) is 2. The van der Waals surface area contributed by atoms with E-state index in [4.69, 9.17) is 0 Å². The number of hydrogen-bond acceptors (Lipinski definition) is 5. The molecule has 3 rings (SSSR count). The van der Waals surface area contributed by atoms with Crippen LogP contribution in [0.2, 0.25) is 0 Å². The number of aryl methyl sites for hydroxylation is 2. The molecule has 9 nitrogen and oxygen atoms in total. The van der Waals surface area contributed by atoms with Crippen LogP contribution < -0.4 is 15.5 Å². The fraction of sp³-hybridized carbons (Fsp3) is 0.500. The third-order valence-electron chi connectivity index (χ3n) is 5.26. The Labute approximate surface area is 171 Å². The molecule has 0 saturated carbocycles. The normalized spacial score (nSPS) is 15.2. The highest BCUT2D eigenvalue weighted by molar-refractivity contribution is 5.96. The molecule has 2 aromatic rings. The zero-order valence-electron chi connectivity index (χ0n) is 17.5. The van der Waals surface area contributed by atoms with Crippen LogP contribution in [0.25, 0.3) is 0 Å². The summed E-state index contributed by atoms with van der Waals surface area (Å²) < 4.78 is 1.87. The van der Waals surface area contributed by atoms with Crippen LogP contribution in [0.4, 0.5) is 16.4 Å². The lowest BCUT2D eigenvalue weighted by atomic mass is 10.1. The quantitative estimate of drug-likeness (QED) is 0.802. The minimum atomic E-state index is -0.137. The largest absolute Gasteiger partial charge is 0.350 e. The number of amides is 3. The molecule has 29 heavy (non-hydrogen) atoms. The number of rotatable bonds is 5. The summed E-state index contributed by atoms with van der Waals surface area (Å²) in [6.07, 6.45) is 2.55. The lowest BCUT2D eigenvalue weighted by Crippen LogP contribution is -2.50. The topological polar surface area (TPSA) is 95.4 Å². The Kier molecular flexibility index (Phi) is 6.36. The van der Waals surface area contributed by atoms with E-state index in [1.807, 2.05) is 32.4 Å². The first-order valence-corrected chi connectivity index (χ1v) is 9.95. The minimum Gasteiger partial charge on any atom is -0.350 e. The van der Waals surface area contributed by atoms with Gasteiger partial charge in [-0.25, -0.2) is 4.79 Å². The Morgan fingerprint density at radius 2 is 1.93 bits per heavy atom. The highest BCUT2D eigenvalue weighted by Crippen LogP contribution is 2.18. The van der Waals surface area contributed by atoms with Gasteiger partial charge in [-0.1, -0.05) is 6.92 Å². The van der Waals surface area contributed by atoms with Crippen molar-refractivity contribution in [3.05, 3.63) is 35.7 Å². The predicted molar refractivity (Wildman–Crippen MR) is 112 cm³/mol. The minimum absolute atomic E-state index is 0.0970. The second kappa shape index (κ2) is 8.93. The van der Waals surface area contributed by atoms with Crippen LogP contribution in [0.5, 0.6) is 0 Å². The van der Waals surface area contributed by atoms with E-state index in [-0.39, 0.29) is 18.0 Å². The molecule has 1 aliphatic rings. The molecule has 0 aliphatic carbocycles. The number of aromatic nitrogens is 3. The van der Waals surface area contributed by atoms with Crippen molar-refractivity contribution in [1.29, 1.82) is 0 Å². The molecule has 2 N–H and O–H groups in total. The fourth-order valence-electron chi connectivity index (χ4n) is 3.22. The van der Waals surface area contributed by atoms with Crippen molar-refractivity contribution in [2.75, 3.05) is 36.4 Å². The van der Waals surface area contributed by atoms with Gasteiger partial charge in [-0.3, -0.25) is 4.79 Å². The summed E-state index contributed by atoms with van der Waals surface area (Å²) >= 11 is 0. The SMILES string of the molecule is CCC(C)NC(=O)c1ccc(NC(=O)N2CCN(c3nncn3C)CC2)c(C)c1. The second-order valence-electron chi connectivity index (χ2n) is 7.46. The standard InChI is InChI=1S/C20H29N7O2/c1-5-15(3)22-18(28)16-6-7-17(14(2)12-16)23-20(29)27-10-8-26(9-11-27)19-24-21-13-25(19)4/h6-7,12-13,15H,5,8-11H2,1-4H3,(H,22,28)(H,23,29). The maximum Gasteiger partial charge on any atom is 0.321 e. The molecular formula is C20H29N7O2. The summed E-state index contributed by atoms with van der Waals surface area (Å²) in [5.74, 6) is 0.715. The average Bonchev–Trinajstić information content (AvgIpc) is 3.15. The highest BCUT2D eigenvalue weighted by Gasteiger charge is 2.24. The average molecular weight is 399 g/mol. The smallest absolute Gasteiger partial charge is 0.321 e. The molecule has 3 amide bonds. The molecular weight excluding hydrogens is 370 g/mol. The molecule has 0 spiro atoms. The lowest BCUT2D eigenvalue weighted by Gasteiger charge is -2.35. The van der Waals surface area contributed by atoms with Gasteiger partial charge in [-0.2, -0.15) is 0 Å². The second-order valence-corrected chi connectivity index (χ2v) is 7.46. The van der Waals surface area contributed by atoms with Crippen molar-refractivity contribution >= 4 is 23.6 Å². The van der Waals surface area contributed by atoms with Gasteiger partial charge < -0.3 is 25.0 Å². The molecule has 1 aliphatic heterocycles. The zero-order valence-corrected chi connectivity index (χ0v) is 17.5. The number of benzene rings is 1. The predicted octanol–water partition coefficient (Wildman–Crippen LogP) is 2.01. The van der Waals surface area contributed by atoms with Crippen LogP contribution in [-0.2, 0) is 7.05 Å². The summed E-state index contributed by atoms with van der Waals surface area (Å²) in [4.78, 5) is 28.8. The van der Waals surface area contributed by atoms with Crippen LogP contribution >= 0.6 is 0 Å². The Balaban J connectivity index is 1.57. The van der Waals surface area contributed by atoms with Crippen molar-refractivity contribution in [2.45, 2.75) is 33.2 Å². The number of hydrogen-bond donors (Lipinski definition) is 2. The fourth-order valence-corrected chi connectivity index (χ4v) is 3.22. The van der Waals surface area contributed by atoms with Crippen molar-refractivity contribution in [3.63, 3.8) is 0 Å². The number of nitrogens with zero attached hydrogens (tertiary/aromatic N) is 5. The van der Waals surface area contributed by atoms with Gasteiger partial charge in [0.1, 0.15) is 6.33 Å². The lowest BCUT2D eigenvalue weighted by molar-refractivity contribution is 0.0939. The van der Waals surface area contributed by atoms with Crippen LogP contribution in [0.15, 0.2) is 24.5 Å². The van der Waals surface area contributed by atoms with E-state index < -0.39 is 0 Å². The number of anilines is 2. The van der Waals surface area contributed by atoms with E-state index in [1.165, 1.54) is 0 Å². The van der Waals surface area contributed by atoms with Gasteiger partial charge in [0.2, 0.25) is 5.95 Å². The van der Waals surface area contributed by atoms with Gasteiger partial charge in [0.15, 0.2) is 0 Å². The molecule has 9 heteroatoms. The first kappa shape index (κ1) is 20.6. The van der Waals surface area contributed by atoms with Gasteiger partial charge in [-0.15, -0.1) is 10.2 Å². The number of urea groups is 1. The number of piperazine rings is 1. The van der Waals surface area contributed by atoms with E-state index in [2.05, 4.69) is 25.7 Å². The van der Waals surface area contributed by atoms with Gasteiger partial charge in [0.05, 0.1) is 0 Å². The summed E-state index contributed by atoms with van der Waals surface area (Å²) in [7, 11) is 1.91. The first-order valence-electron chi connectivity index (χ1n) is 9.95. The summed E-state index contributed by atoms with van der Waals surface area (Å²) in [5.41, 5.74) is 2.16. The van der Waals surface area contributed by atoms with E-state index in [0.717, 1.165) is 17.9 Å². The summed E-state index contributed by atoms with van der Waals surface area (Å²) in [6, 6.07) is 5.32. The Morgan fingerprint density at radius 3 is 2.52 bits per heavy atom. The Hall–Kier alpha value is -3.10. The first-order chi connectivity index (χ1) is 13.9. The van der Waals surface area contributed by atoms with Crippen molar-refractivity contribution in [3.8, 4) is 0 Å². The van der Waals surface area contributed by atoms with Crippen LogP contribution in [0, 0.1) is 6.92 Å². The Bertz CT molecular complexity index is 871. The molecule has 1 unspecified atom stereocenters. The van der Waals surface area contributed by atoms with Crippen LogP contribution in [0.1, 0.15) is 36.2 Å². The van der Waals surface area contributed by atoms with Crippen molar-refractivity contribution < 1.29 is 9.59 Å². The molecule has 156 valence electrons. The molecule has 1 saturated heterocycles. The molecule has 1 fully saturated rings. The molecule has 1 aromatic heterocycles. The van der Waals surface area contributed by atoms with Gasteiger partial charge in [-0.05, 0) is 44.0 Å². The maximum atomic E-state index is 12.7. The Morgan fingerprint density at radius 1 is 1.21 bits per heavy atom. The third kappa shape index (κ3) is 4.85. The third-order valence-corrected chi connectivity index (χ3v) is 5.26. The van der Waals surface area contributed by atoms with E-state index >= 15 is 0 Å². The molecule has 0 radical (unpaired) electrons. The van der Waals surface area contributed by atoms with Crippen LogP contribution in [-0.4, -0.2) is 63.8 Å². The summed E-state index contributed by atoms with van der Waals surface area (Å²) in [6.45, 7) is 8.51. The van der Waals surface area contributed by atoms with Crippen molar-refractivity contribution in [2.24, 2.45) is 7.05 Å². The van der Waals surface area contributed by atoms with E-state index in [9.17, 15) is 9.59 Å². The summed E-state index contributed by atoms with van der Waals surface area (Å²) in [5, 5.41) is 13.9. The molecule has 1 atom stereocenters. The van der Waals surface area contributed by atoms with Crippen molar-refractivity contribution in [1.82, 2.24) is 25.0 Å². The van der Waals surface area contributed by atoms with Crippen LogP contribution in [0.3, 0.4) is 0 Å². The number of carbonyl (C=O) groups is 2. The van der Waals surface area contributed by atoms with Gasteiger partial charge in [0, 0.05) is 50.5 Å². The number of carbonyl (C=O) groups excluding carboxylic acids is 2. The van der Waals surface area contributed by atoms with E-state index in [1.54, 1.807) is 29.4 Å². The van der Waals surface area contributed by atoms with Gasteiger partial charge >= 0.3 is 6.03 Å². The van der Waals surface area contributed by atoms with E-state index in [0.29, 0.717) is 37.4 Å². The molecule has 0 bridgehead atoms. The monoisotopic (exact) mass is 399 g/mol. The molecule has 1 aromatic carbocycles. The van der Waals surface area contributed by atoms with Gasteiger partial charge in [0.25, 0.3) is 5.91 Å².